The molecule has 2 aromatic rings. The second-order valence-corrected chi connectivity index (χ2v) is 4.60. The lowest BCUT2D eigenvalue weighted by Crippen LogP contribution is -2.24. The van der Waals surface area contributed by atoms with Gasteiger partial charge in [0.2, 0.25) is 0 Å². The predicted molar refractivity (Wildman–Crippen MR) is 74.9 cm³/mol. The van der Waals surface area contributed by atoms with Gasteiger partial charge in [-0.25, -0.2) is 9.48 Å². The monoisotopic (exact) mass is 272 g/mol. The standard InChI is InChI=1S/C15H16N2O3/c1-10-7-14(18)17(16-11(10)2)9-12-5-4-6-13(8-12)15(19)20-3/h4-8H,9H2,1-3H3. The van der Waals surface area contributed by atoms with Gasteiger partial charge in [0, 0.05) is 6.07 Å². The number of hydrogen-bond donors (Lipinski definition) is 0. The zero-order chi connectivity index (χ0) is 14.7. The molecule has 5 nitrogen and oxygen atoms in total. The van der Waals surface area contributed by atoms with Crippen LogP contribution in [0.1, 0.15) is 27.2 Å². The Hall–Kier alpha value is -2.43. The van der Waals surface area contributed by atoms with Gasteiger partial charge in [0.05, 0.1) is 24.9 Å². The molecule has 0 spiro atoms. The van der Waals surface area contributed by atoms with Crippen molar-refractivity contribution in [1.29, 1.82) is 0 Å². The molecule has 0 N–H and O–H groups in total. The zero-order valence-corrected chi connectivity index (χ0v) is 11.7. The number of benzene rings is 1. The lowest BCUT2D eigenvalue weighted by Gasteiger charge is -2.08. The highest BCUT2D eigenvalue weighted by atomic mass is 16.5. The number of esters is 1. The third kappa shape index (κ3) is 2.93. The van der Waals surface area contributed by atoms with Crippen molar-refractivity contribution in [1.82, 2.24) is 9.78 Å². The van der Waals surface area contributed by atoms with Gasteiger partial charge in [-0.2, -0.15) is 5.10 Å². The van der Waals surface area contributed by atoms with Crippen LogP contribution >= 0.6 is 0 Å². The van der Waals surface area contributed by atoms with Crippen LogP contribution in [0, 0.1) is 13.8 Å². The van der Waals surface area contributed by atoms with Crippen LogP contribution in [0.15, 0.2) is 35.1 Å². The molecule has 0 amide bonds. The largest absolute Gasteiger partial charge is 0.465 e. The Bertz CT molecular complexity index is 705. The van der Waals surface area contributed by atoms with E-state index in [-0.39, 0.29) is 5.56 Å². The van der Waals surface area contributed by atoms with Gasteiger partial charge in [-0.3, -0.25) is 4.79 Å². The van der Waals surface area contributed by atoms with Gasteiger partial charge >= 0.3 is 5.97 Å². The average molecular weight is 272 g/mol. The number of aryl methyl sites for hydroxylation is 2. The summed E-state index contributed by atoms with van der Waals surface area (Å²) < 4.78 is 6.06. The summed E-state index contributed by atoms with van der Waals surface area (Å²) in [6.45, 7) is 4.03. The van der Waals surface area contributed by atoms with Crippen molar-refractivity contribution >= 4 is 5.97 Å². The molecule has 104 valence electrons. The van der Waals surface area contributed by atoms with Crippen LogP contribution in [-0.4, -0.2) is 22.9 Å². The van der Waals surface area contributed by atoms with Crippen LogP contribution in [0.4, 0.5) is 0 Å². The summed E-state index contributed by atoms with van der Waals surface area (Å²) in [5.41, 5.74) is 2.81. The molecule has 20 heavy (non-hydrogen) atoms. The van der Waals surface area contributed by atoms with E-state index < -0.39 is 5.97 Å². The van der Waals surface area contributed by atoms with Crippen molar-refractivity contribution in [2.45, 2.75) is 20.4 Å². The first kappa shape index (κ1) is 14.0. The maximum atomic E-state index is 11.9. The maximum Gasteiger partial charge on any atom is 0.337 e. The second-order valence-electron chi connectivity index (χ2n) is 4.60. The number of methoxy groups -OCH3 is 1. The zero-order valence-electron chi connectivity index (χ0n) is 11.7. The third-order valence-electron chi connectivity index (χ3n) is 3.12. The molecule has 0 aliphatic carbocycles. The van der Waals surface area contributed by atoms with Crippen molar-refractivity contribution in [2.75, 3.05) is 7.11 Å². The fourth-order valence-corrected chi connectivity index (χ4v) is 1.87. The fraction of sp³-hybridized carbons (Fsp3) is 0.267. The van der Waals surface area contributed by atoms with Crippen LogP contribution in [0.25, 0.3) is 0 Å². The SMILES string of the molecule is COC(=O)c1cccc(Cn2nc(C)c(C)cc2=O)c1. The molecule has 1 aromatic carbocycles. The molecule has 0 saturated carbocycles. The van der Waals surface area contributed by atoms with Gasteiger partial charge in [0.15, 0.2) is 0 Å². The smallest absolute Gasteiger partial charge is 0.337 e. The van der Waals surface area contributed by atoms with Crippen LogP contribution in [0.2, 0.25) is 0 Å². The van der Waals surface area contributed by atoms with E-state index in [4.69, 9.17) is 0 Å². The molecule has 0 unspecified atom stereocenters. The maximum absolute atomic E-state index is 11.9. The van der Waals surface area contributed by atoms with E-state index in [1.807, 2.05) is 19.9 Å². The first-order valence-electron chi connectivity index (χ1n) is 6.24. The van der Waals surface area contributed by atoms with Crippen molar-refractivity contribution in [3.63, 3.8) is 0 Å². The Balaban J connectivity index is 2.33. The Morgan fingerprint density at radius 1 is 1.30 bits per heavy atom. The Labute approximate surface area is 116 Å². The highest BCUT2D eigenvalue weighted by Crippen LogP contribution is 2.08. The number of ether oxygens (including phenoxy) is 1. The van der Waals surface area contributed by atoms with E-state index in [9.17, 15) is 9.59 Å². The predicted octanol–water partition coefficient (Wildman–Crippen LogP) is 1.70. The summed E-state index contributed by atoms with van der Waals surface area (Å²) in [5, 5.41) is 4.25. The van der Waals surface area contributed by atoms with Crippen LogP contribution < -0.4 is 5.56 Å². The van der Waals surface area contributed by atoms with Gasteiger partial charge in [0.25, 0.3) is 5.56 Å². The number of hydrogen-bond acceptors (Lipinski definition) is 4. The van der Waals surface area contributed by atoms with E-state index in [0.717, 1.165) is 16.8 Å². The molecule has 0 aliphatic heterocycles. The number of rotatable bonds is 3. The minimum atomic E-state index is -0.396. The summed E-state index contributed by atoms with van der Waals surface area (Å²) >= 11 is 0. The highest BCUT2D eigenvalue weighted by Gasteiger charge is 2.07. The van der Waals surface area contributed by atoms with Gasteiger partial charge in [-0.15, -0.1) is 0 Å². The molecule has 0 atom stereocenters. The Morgan fingerprint density at radius 3 is 2.75 bits per heavy atom. The van der Waals surface area contributed by atoms with Crippen LogP contribution in [-0.2, 0) is 11.3 Å². The van der Waals surface area contributed by atoms with Gasteiger partial charge < -0.3 is 4.74 Å². The summed E-state index contributed by atoms with van der Waals surface area (Å²) in [6, 6.07) is 8.54. The molecular weight excluding hydrogens is 256 g/mol. The molecule has 0 aliphatic rings. The van der Waals surface area contributed by atoms with E-state index in [1.54, 1.807) is 24.3 Å². The minimum Gasteiger partial charge on any atom is -0.465 e. The molecule has 1 heterocycles. The Kier molecular flexibility index (Phi) is 3.98. The van der Waals surface area contributed by atoms with Crippen LogP contribution in [0.3, 0.4) is 0 Å². The Morgan fingerprint density at radius 2 is 2.05 bits per heavy atom. The number of carbonyl (C=O) groups excluding carboxylic acids is 1. The van der Waals surface area contributed by atoms with Crippen molar-refractivity contribution in [3.8, 4) is 0 Å². The summed E-state index contributed by atoms with van der Waals surface area (Å²) in [6.07, 6.45) is 0. The number of carbonyl (C=O) groups is 1. The van der Waals surface area contributed by atoms with Crippen LogP contribution in [0.5, 0.6) is 0 Å². The van der Waals surface area contributed by atoms with Gasteiger partial charge in [-0.05, 0) is 37.1 Å². The van der Waals surface area contributed by atoms with E-state index >= 15 is 0 Å². The lowest BCUT2D eigenvalue weighted by atomic mass is 10.1. The van der Waals surface area contributed by atoms with E-state index in [2.05, 4.69) is 9.84 Å². The van der Waals surface area contributed by atoms with E-state index in [0.29, 0.717) is 12.1 Å². The molecular formula is C15H16N2O3. The van der Waals surface area contributed by atoms with Gasteiger partial charge in [0.1, 0.15) is 0 Å². The normalized spacial score (nSPS) is 10.3. The average Bonchev–Trinajstić information content (AvgIpc) is 2.44. The first-order valence-corrected chi connectivity index (χ1v) is 6.24. The van der Waals surface area contributed by atoms with Crippen molar-refractivity contribution < 1.29 is 9.53 Å². The molecule has 0 bridgehead atoms. The first-order chi connectivity index (χ1) is 9.51. The summed E-state index contributed by atoms with van der Waals surface area (Å²) in [4.78, 5) is 23.4. The topological polar surface area (TPSA) is 61.2 Å². The van der Waals surface area contributed by atoms with Gasteiger partial charge in [-0.1, -0.05) is 12.1 Å². The summed E-state index contributed by atoms with van der Waals surface area (Å²) in [7, 11) is 1.34. The number of aromatic nitrogens is 2. The molecule has 5 heteroatoms. The van der Waals surface area contributed by atoms with E-state index in [1.165, 1.54) is 11.8 Å². The lowest BCUT2D eigenvalue weighted by molar-refractivity contribution is 0.0600. The summed E-state index contributed by atoms with van der Waals surface area (Å²) in [5.74, 6) is -0.396. The minimum absolute atomic E-state index is 0.156. The van der Waals surface area contributed by atoms with Crippen molar-refractivity contribution in [3.05, 3.63) is 63.1 Å². The fourth-order valence-electron chi connectivity index (χ4n) is 1.87. The second kappa shape index (κ2) is 5.69. The highest BCUT2D eigenvalue weighted by molar-refractivity contribution is 5.89. The molecule has 0 saturated heterocycles. The quantitative estimate of drug-likeness (QED) is 0.798. The molecule has 0 fully saturated rings. The van der Waals surface area contributed by atoms with Crippen molar-refractivity contribution in [2.24, 2.45) is 0 Å². The molecule has 0 radical (unpaired) electrons. The molecule has 1 aromatic heterocycles. The molecule has 2 rings (SSSR count). The number of nitrogens with zero attached hydrogens (tertiary/aromatic N) is 2. The third-order valence-corrected chi connectivity index (χ3v) is 3.12.